The molecule has 7 heteroatoms. The Hall–Kier alpha value is -2.12. The molecule has 1 aromatic rings. The van der Waals surface area contributed by atoms with Crippen LogP contribution in [0, 0.1) is 5.41 Å². The molecule has 0 atom stereocenters. The highest BCUT2D eigenvalue weighted by Crippen LogP contribution is 2.28. The molecule has 1 aliphatic rings. The van der Waals surface area contributed by atoms with Crippen molar-refractivity contribution in [3.63, 3.8) is 0 Å². The van der Waals surface area contributed by atoms with Crippen LogP contribution < -0.4 is 20.7 Å². The summed E-state index contributed by atoms with van der Waals surface area (Å²) in [7, 11) is 3.25. The minimum absolute atomic E-state index is 0.0321. The van der Waals surface area contributed by atoms with Crippen LogP contribution >= 0.6 is 0 Å². The average Bonchev–Trinajstić information content (AvgIpc) is 2.65. The molecule has 0 spiro atoms. The normalized spacial score (nSPS) is 16.1. The number of ether oxygens (including phenoxy) is 2. The lowest BCUT2D eigenvalue weighted by molar-refractivity contribution is -0.121. The number of amides is 2. The third-order valence-electron chi connectivity index (χ3n) is 4.54. The Morgan fingerprint density at radius 3 is 2.40 bits per heavy atom. The summed E-state index contributed by atoms with van der Waals surface area (Å²) in [6, 6.07) is 6.74. The van der Waals surface area contributed by atoms with Gasteiger partial charge in [0.05, 0.1) is 20.3 Å². The fraction of sp³-hybridized carbons (Fsp3) is 0.556. The van der Waals surface area contributed by atoms with Gasteiger partial charge in [-0.2, -0.15) is 0 Å². The van der Waals surface area contributed by atoms with Crippen LogP contribution in [-0.2, 0) is 9.53 Å². The topological polar surface area (TPSA) is 88.7 Å². The van der Waals surface area contributed by atoms with Crippen molar-refractivity contribution in [2.45, 2.75) is 12.8 Å². The van der Waals surface area contributed by atoms with E-state index in [4.69, 9.17) is 9.47 Å². The predicted octanol–water partition coefficient (Wildman–Crippen LogP) is 0.557. The zero-order valence-electron chi connectivity index (χ0n) is 14.9. The summed E-state index contributed by atoms with van der Waals surface area (Å²) in [5.74, 6) is 0.196. The van der Waals surface area contributed by atoms with Crippen LogP contribution in [0.25, 0.3) is 0 Å². The van der Waals surface area contributed by atoms with Gasteiger partial charge in [-0.15, -0.1) is 0 Å². The molecule has 0 aromatic heterocycles. The van der Waals surface area contributed by atoms with Crippen LogP contribution in [0.15, 0.2) is 24.3 Å². The van der Waals surface area contributed by atoms with Gasteiger partial charge in [-0.3, -0.25) is 9.59 Å². The molecule has 0 bridgehead atoms. The number of methoxy groups -OCH3 is 2. The van der Waals surface area contributed by atoms with Crippen molar-refractivity contribution < 1.29 is 19.1 Å². The van der Waals surface area contributed by atoms with Crippen LogP contribution in [-0.4, -0.2) is 58.8 Å². The summed E-state index contributed by atoms with van der Waals surface area (Å²) in [6.45, 7) is 2.97. The third kappa shape index (κ3) is 5.72. The molecule has 0 unspecified atom stereocenters. The van der Waals surface area contributed by atoms with Crippen LogP contribution in [0.5, 0.6) is 5.75 Å². The van der Waals surface area contributed by atoms with E-state index in [1.165, 1.54) is 0 Å². The Morgan fingerprint density at radius 2 is 1.80 bits per heavy atom. The maximum Gasteiger partial charge on any atom is 0.251 e. The molecular formula is C18H27N3O4. The van der Waals surface area contributed by atoms with E-state index in [-0.39, 0.29) is 23.8 Å². The largest absolute Gasteiger partial charge is 0.497 e. The number of carbonyl (C=O) groups is 2. The van der Waals surface area contributed by atoms with Crippen molar-refractivity contribution in [3.05, 3.63) is 29.8 Å². The maximum absolute atomic E-state index is 12.1. The van der Waals surface area contributed by atoms with Gasteiger partial charge in [0.15, 0.2) is 0 Å². The van der Waals surface area contributed by atoms with E-state index < -0.39 is 0 Å². The molecule has 1 fully saturated rings. The number of piperidine rings is 1. The average molecular weight is 349 g/mol. The van der Waals surface area contributed by atoms with E-state index >= 15 is 0 Å². The van der Waals surface area contributed by atoms with Crippen molar-refractivity contribution >= 4 is 11.8 Å². The maximum atomic E-state index is 12.1. The number of hydrogen-bond donors (Lipinski definition) is 3. The molecule has 1 aliphatic heterocycles. The van der Waals surface area contributed by atoms with Gasteiger partial charge >= 0.3 is 0 Å². The number of carbonyl (C=O) groups excluding carboxylic acids is 2. The Morgan fingerprint density at radius 1 is 1.12 bits per heavy atom. The van der Waals surface area contributed by atoms with E-state index in [1.54, 1.807) is 38.5 Å². The zero-order chi connectivity index (χ0) is 18.1. The van der Waals surface area contributed by atoms with Crippen molar-refractivity contribution in [2.24, 2.45) is 5.41 Å². The molecule has 1 saturated heterocycles. The van der Waals surface area contributed by atoms with Gasteiger partial charge in [0.25, 0.3) is 5.91 Å². The first-order valence-corrected chi connectivity index (χ1v) is 8.47. The second-order valence-electron chi connectivity index (χ2n) is 6.37. The fourth-order valence-corrected chi connectivity index (χ4v) is 2.99. The third-order valence-corrected chi connectivity index (χ3v) is 4.54. The first kappa shape index (κ1) is 19.2. The lowest BCUT2D eigenvalue weighted by Gasteiger charge is -2.37. The van der Waals surface area contributed by atoms with Gasteiger partial charge in [0.2, 0.25) is 5.91 Å². The molecule has 7 nitrogen and oxygen atoms in total. The van der Waals surface area contributed by atoms with Gasteiger partial charge < -0.3 is 25.4 Å². The Balaban J connectivity index is 1.78. The Bertz CT molecular complexity index is 563. The molecule has 138 valence electrons. The van der Waals surface area contributed by atoms with Crippen molar-refractivity contribution in [3.8, 4) is 5.75 Å². The summed E-state index contributed by atoms with van der Waals surface area (Å²) in [6.07, 6.45) is 1.92. The minimum Gasteiger partial charge on any atom is -0.497 e. The van der Waals surface area contributed by atoms with E-state index in [2.05, 4.69) is 16.0 Å². The molecule has 0 saturated carbocycles. The first-order chi connectivity index (χ1) is 12.1. The summed E-state index contributed by atoms with van der Waals surface area (Å²) < 4.78 is 10.4. The number of benzene rings is 1. The van der Waals surface area contributed by atoms with Gasteiger partial charge in [-0.1, -0.05) is 0 Å². The lowest BCUT2D eigenvalue weighted by Crippen LogP contribution is -2.48. The molecular weight excluding hydrogens is 322 g/mol. The Labute approximate surface area is 148 Å². The monoisotopic (exact) mass is 349 g/mol. The van der Waals surface area contributed by atoms with Crippen molar-refractivity contribution in [1.29, 1.82) is 0 Å². The Kier molecular flexibility index (Phi) is 7.21. The standard InChI is InChI=1S/C18H27N3O4/c1-24-13-18(7-9-19-10-8-18)12-21-16(22)11-20-17(23)14-3-5-15(25-2)6-4-14/h3-6,19H,7-13H2,1-2H3,(H,20,23)(H,21,22). The molecule has 0 radical (unpaired) electrons. The molecule has 25 heavy (non-hydrogen) atoms. The van der Waals surface area contributed by atoms with Gasteiger partial charge in [0.1, 0.15) is 5.75 Å². The van der Waals surface area contributed by atoms with E-state index in [0.717, 1.165) is 25.9 Å². The number of hydrogen-bond acceptors (Lipinski definition) is 5. The van der Waals surface area contributed by atoms with Crippen LogP contribution in [0.4, 0.5) is 0 Å². The second kappa shape index (κ2) is 9.39. The highest BCUT2D eigenvalue weighted by atomic mass is 16.5. The quantitative estimate of drug-likeness (QED) is 0.638. The van der Waals surface area contributed by atoms with E-state index in [1.807, 2.05) is 0 Å². The van der Waals surface area contributed by atoms with Crippen LogP contribution in [0.2, 0.25) is 0 Å². The van der Waals surface area contributed by atoms with Crippen molar-refractivity contribution in [2.75, 3.05) is 47.0 Å². The van der Waals surface area contributed by atoms with Gasteiger partial charge in [-0.05, 0) is 50.2 Å². The summed E-state index contributed by atoms with van der Waals surface area (Å²) >= 11 is 0. The first-order valence-electron chi connectivity index (χ1n) is 8.47. The molecule has 1 aromatic carbocycles. The molecule has 2 rings (SSSR count). The highest BCUT2D eigenvalue weighted by Gasteiger charge is 2.32. The number of rotatable bonds is 8. The summed E-state index contributed by atoms with van der Waals surface area (Å²) in [5.41, 5.74) is 0.457. The van der Waals surface area contributed by atoms with E-state index in [9.17, 15) is 9.59 Å². The SMILES string of the molecule is COCC1(CNC(=O)CNC(=O)c2ccc(OC)cc2)CCNCC1. The molecule has 3 N–H and O–H groups in total. The summed E-state index contributed by atoms with van der Waals surface area (Å²) in [4.78, 5) is 24.1. The lowest BCUT2D eigenvalue weighted by atomic mass is 9.79. The minimum atomic E-state index is -0.286. The molecule has 1 heterocycles. The highest BCUT2D eigenvalue weighted by molar-refractivity contribution is 5.96. The fourth-order valence-electron chi connectivity index (χ4n) is 2.99. The van der Waals surface area contributed by atoms with Crippen LogP contribution in [0.3, 0.4) is 0 Å². The molecule has 0 aliphatic carbocycles. The van der Waals surface area contributed by atoms with E-state index in [0.29, 0.717) is 24.5 Å². The smallest absolute Gasteiger partial charge is 0.251 e. The number of nitrogens with one attached hydrogen (secondary N) is 3. The summed E-state index contributed by atoms with van der Waals surface area (Å²) in [5, 5.41) is 8.87. The van der Waals surface area contributed by atoms with Crippen LogP contribution in [0.1, 0.15) is 23.2 Å². The van der Waals surface area contributed by atoms with Gasteiger partial charge in [-0.25, -0.2) is 0 Å². The molecule has 2 amide bonds. The predicted molar refractivity (Wildman–Crippen MR) is 94.7 cm³/mol. The van der Waals surface area contributed by atoms with Gasteiger partial charge in [0, 0.05) is 24.6 Å². The second-order valence-corrected chi connectivity index (χ2v) is 6.37. The zero-order valence-corrected chi connectivity index (χ0v) is 14.9. The van der Waals surface area contributed by atoms with Crippen molar-refractivity contribution in [1.82, 2.24) is 16.0 Å².